The Kier molecular flexibility index (Phi) is 24.0. The Hall–Kier alpha value is 0.990. The predicted molar refractivity (Wildman–Crippen MR) is 75.5 cm³/mol. The molecule has 8 N–H and O–H groups in total. The van der Waals surface area contributed by atoms with E-state index in [0.29, 0.717) is 13.1 Å². The fourth-order valence-electron chi connectivity index (χ4n) is 1.21. The summed E-state index contributed by atoms with van der Waals surface area (Å²) in [6, 6.07) is 0. The molecule has 0 heterocycles. The van der Waals surface area contributed by atoms with Crippen molar-refractivity contribution >= 4 is 37.4 Å². The molecule has 0 bridgehead atoms. The summed E-state index contributed by atoms with van der Waals surface area (Å²) >= 11 is 0. The number of nitrogens with two attached hydrogens (primary N) is 2. The number of rotatable bonds is 4. The minimum atomic E-state index is -4.64. The Morgan fingerprint density at radius 3 is 1.28 bits per heavy atom. The molecule has 1 aliphatic rings. The van der Waals surface area contributed by atoms with Gasteiger partial charge in [-0.15, -0.1) is 0 Å². The van der Waals surface area contributed by atoms with Crippen LogP contribution in [0.25, 0.3) is 0 Å². The first-order valence-corrected chi connectivity index (χ1v) is 7.37. The summed E-state index contributed by atoms with van der Waals surface area (Å²) < 4.78 is 8.88. The van der Waals surface area contributed by atoms with Crippen molar-refractivity contribution in [3.8, 4) is 0 Å². The van der Waals surface area contributed by atoms with Crippen LogP contribution in [0, 0.1) is 0 Å². The molecule has 0 unspecified atom stereocenters. The summed E-state index contributed by atoms with van der Waals surface area (Å²) in [5, 5.41) is 3.03. The van der Waals surface area contributed by atoms with Crippen LogP contribution in [-0.2, 0) is 4.57 Å². The van der Waals surface area contributed by atoms with Gasteiger partial charge in [0.15, 0.2) is 0 Å². The van der Waals surface area contributed by atoms with Gasteiger partial charge in [-0.25, -0.2) is 4.57 Å². The fraction of sp³-hybridized carbons (Fsp3) is 1.00. The first kappa shape index (κ1) is 24.0. The van der Waals surface area contributed by atoms with E-state index in [2.05, 4.69) is 5.32 Å². The Morgan fingerprint density at radius 1 is 0.889 bits per heavy atom. The standard InChI is InChI=1S/C5H10.C4H13N3.Na.H3O4P.H/c1-2-4-5-3-1;5-1-3-7-4-2-6;;1-5(2,3)4;/h1-5H2;7H,1-6H2;;(H3,1,2,3,4);. The molecule has 0 radical (unpaired) electrons. The van der Waals surface area contributed by atoms with Crippen LogP contribution >= 0.6 is 7.82 Å². The van der Waals surface area contributed by atoms with Crippen LogP contribution in [0.5, 0.6) is 0 Å². The molecule has 1 aliphatic carbocycles. The molecule has 0 aromatic heterocycles. The maximum absolute atomic E-state index is 8.88. The van der Waals surface area contributed by atoms with Crippen molar-refractivity contribution in [2.75, 3.05) is 26.2 Å². The average molecular weight is 295 g/mol. The average Bonchev–Trinajstić information content (AvgIpc) is 2.74. The van der Waals surface area contributed by atoms with Crippen molar-refractivity contribution in [1.82, 2.24) is 5.32 Å². The van der Waals surface area contributed by atoms with Gasteiger partial charge < -0.3 is 31.5 Å². The predicted octanol–water partition coefficient (Wildman–Crippen LogP) is -1.13. The van der Waals surface area contributed by atoms with Crippen molar-refractivity contribution in [3.05, 3.63) is 0 Å². The zero-order valence-corrected chi connectivity index (χ0v) is 11.1. The van der Waals surface area contributed by atoms with E-state index in [0.717, 1.165) is 13.1 Å². The van der Waals surface area contributed by atoms with Gasteiger partial charge in [0.1, 0.15) is 0 Å². The summed E-state index contributed by atoms with van der Waals surface area (Å²) in [4.78, 5) is 21.6. The van der Waals surface area contributed by atoms with Gasteiger partial charge in [0.25, 0.3) is 0 Å². The Bertz CT molecular complexity index is 171. The van der Waals surface area contributed by atoms with Gasteiger partial charge in [-0.2, -0.15) is 0 Å². The van der Waals surface area contributed by atoms with Crippen LogP contribution in [-0.4, -0.2) is 70.4 Å². The normalized spacial score (nSPS) is 13.6. The first-order valence-electron chi connectivity index (χ1n) is 5.81. The molecule has 0 aromatic rings. The fourth-order valence-corrected chi connectivity index (χ4v) is 1.21. The van der Waals surface area contributed by atoms with Gasteiger partial charge >= 0.3 is 37.4 Å². The summed E-state index contributed by atoms with van der Waals surface area (Å²) in [5.74, 6) is 0. The van der Waals surface area contributed by atoms with Gasteiger partial charge in [-0.1, -0.05) is 32.1 Å². The van der Waals surface area contributed by atoms with Gasteiger partial charge in [0.05, 0.1) is 0 Å². The summed E-state index contributed by atoms with van der Waals surface area (Å²) in [6.07, 6.45) is 7.50. The second-order valence-electron chi connectivity index (χ2n) is 3.61. The molecule has 0 spiro atoms. The van der Waals surface area contributed by atoms with E-state index >= 15 is 0 Å². The van der Waals surface area contributed by atoms with Crippen LogP contribution in [0.2, 0.25) is 0 Å². The molecule has 1 rings (SSSR count). The molecule has 0 aromatic carbocycles. The first-order chi connectivity index (χ1) is 7.91. The van der Waals surface area contributed by atoms with Gasteiger partial charge in [-0.3, -0.25) is 0 Å². The van der Waals surface area contributed by atoms with Crippen LogP contribution in [0.4, 0.5) is 0 Å². The van der Waals surface area contributed by atoms with Crippen molar-refractivity contribution in [3.63, 3.8) is 0 Å². The third-order valence-electron chi connectivity index (χ3n) is 1.89. The van der Waals surface area contributed by atoms with Crippen molar-refractivity contribution in [1.29, 1.82) is 0 Å². The van der Waals surface area contributed by atoms with E-state index in [1.165, 1.54) is 32.1 Å². The second-order valence-corrected chi connectivity index (χ2v) is 4.63. The van der Waals surface area contributed by atoms with E-state index in [1.807, 2.05) is 0 Å². The Balaban J connectivity index is -0.000000186. The number of hydrogen-bond donors (Lipinski definition) is 6. The van der Waals surface area contributed by atoms with E-state index in [1.54, 1.807) is 0 Å². The number of nitrogens with one attached hydrogen (secondary N) is 1. The third-order valence-corrected chi connectivity index (χ3v) is 1.89. The molecule has 7 nitrogen and oxygen atoms in total. The molecular weight excluding hydrogens is 268 g/mol. The van der Waals surface area contributed by atoms with E-state index in [-0.39, 0.29) is 29.6 Å². The molecule has 108 valence electrons. The van der Waals surface area contributed by atoms with E-state index in [4.69, 9.17) is 30.7 Å². The minimum absolute atomic E-state index is 0. The second kappa shape index (κ2) is 18.0. The summed E-state index contributed by atoms with van der Waals surface area (Å²) in [7, 11) is -4.64. The third kappa shape index (κ3) is 43.5. The summed E-state index contributed by atoms with van der Waals surface area (Å²) in [5.41, 5.74) is 10.3. The SMILES string of the molecule is C1CCCC1.NCCNCCN.O=P(O)(O)O.[NaH]. The van der Waals surface area contributed by atoms with E-state index in [9.17, 15) is 0 Å². The Morgan fingerprint density at radius 2 is 1.11 bits per heavy atom. The van der Waals surface area contributed by atoms with Crippen molar-refractivity contribution in [2.45, 2.75) is 32.1 Å². The van der Waals surface area contributed by atoms with Crippen molar-refractivity contribution < 1.29 is 19.2 Å². The van der Waals surface area contributed by atoms with Crippen LogP contribution in [0.1, 0.15) is 32.1 Å². The van der Waals surface area contributed by atoms with E-state index < -0.39 is 7.82 Å². The molecule has 18 heavy (non-hydrogen) atoms. The van der Waals surface area contributed by atoms with Crippen LogP contribution in [0.15, 0.2) is 0 Å². The Labute approximate surface area is 131 Å². The van der Waals surface area contributed by atoms with Gasteiger partial charge in [0, 0.05) is 26.2 Å². The zero-order chi connectivity index (χ0) is 13.6. The quantitative estimate of drug-likeness (QED) is 0.219. The molecule has 1 fully saturated rings. The molecule has 0 amide bonds. The molecule has 9 heteroatoms. The van der Waals surface area contributed by atoms with Crippen LogP contribution < -0.4 is 16.8 Å². The monoisotopic (exact) mass is 295 g/mol. The molecule has 0 aliphatic heterocycles. The van der Waals surface area contributed by atoms with Gasteiger partial charge in [0.2, 0.25) is 0 Å². The van der Waals surface area contributed by atoms with Crippen molar-refractivity contribution in [2.24, 2.45) is 11.5 Å². The molecule has 1 saturated carbocycles. The molecule has 0 atom stereocenters. The van der Waals surface area contributed by atoms with Crippen LogP contribution in [0.3, 0.4) is 0 Å². The molecule has 0 saturated heterocycles. The number of hydrogen-bond acceptors (Lipinski definition) is 4. The zero-order valence-electron chi connectivity index (χ0n) is 10.2. The maximum atomic E-state index is 8.88. The molecular formula is C9H27N3NaO4P. The van der Waals surface area contributed by atoms with Gasteiger partial charge in [-0.05, 0) is 0 Å². The topological polar surface area (TPSA) is 142 Å². The summed E-state index contributed by atoms with van der Waals surface area (Å²) in [6.45, 7) is 3.13. The number of phosphoric acid groups is 1.